The summed E-state index contributed by atoms with van der Waals surface area (Å²) in [5.41, 5.74) is -0.275. The minimum absolute atomic E-state index is 0. The zero-order chi connectivity index (χ0) is 15.1. The van der Waals surface area contributed by atoms with Crippen molar-refractivity contribution in [2.75, 3.05) is 0 Å². The molecule has 1 saturated carbocycles. The molecule has 1 unspecified atom stereocenters. The Morgan fingerprint density at radius 2 is 2.09 bits per heavy atom. The predicted octanol–water partition coefficient (Wildman–Crippen LogP) is 3.76. The van der Waals surface area contributed by atoms with Crippen LogP contribution in [0.1, 0.15) is 18.4 Å². The highest BCUT2D eigenvalue weighted by Crippen LogP contribution is 2.53. The molecule has 2 N–H and O–H groups in total. The van der Waals surface area contributed by atoms with Crippen LogP contribution in [0.3, 0.4) is 0 Å². The largest absolute Gasteiger partial charge is 0.386 e. The molecule has 1 atom stereocenters. The second-order valence-corrected chi connectivity index (χ2v) is 7.03. The van der Waals surface area contributed by atoms with E-state index in [2.05, 4.69) is 10.1 Å². The highest BCUT2D eigenvalue weighted by molar-refractivity contribution is 7.71. The lowest BCUT2D eigenvalue weighted by molar-refractivity contribution is 0.00728. The Balaban J connectivity index is 0.00000176. The zero-order valence-corrected chi connectivity index (χ0v) is 14.8. The lowest BCUT2D eigenvalue weighted by Crippen LogP contribution is -2.47. The van der Waals surface area contributed by atoms with E-state index in [0.29, 0.717) is 16.2 Å². The van der Waals surface area contributed by atoms with Crippen molar-refractivity contribution >= 4 is 47.8 Å². The van der Waals surface area contributed by atoms with Crippen LogP contribution in [0.2, 0.25) is 5.02 Å². The molecule has 0 aliphatic heterocycles. The average Bonchev–Trinajstić information content (AvgIpc) is 3.09. The number of alkyl halides is 1. The third kappa shape index (κ3) is 3.34. The fourth-order valence-electron chi connectivity index (χ4n) is 2.53. The van der Waals surface area contributed by atoms with E-state index in [1.54, 1.807) is 4.68 Å². The SMILES string of the molecule is Cl.OC(Cc1ccccc1Cl)(Cn1nc[nH]c1=S)C1(Cl)CC1. The van der Waals surface area contributed by atoms with Crippen molar-refractivity contribution in [1.82, 2.24) is 14.8 Å². The second kappa shape index (κ2) is 6.49. The van der Waals surface area contributed by atoms with Gasteiger partial charge in [-0.05, 0) is 36.7 Å². The number of rotatable bonds is 5. The molecule has 1 aliphatic carbocycles. The third-order valence-corrected chi connectivity index (χ3v) is 5.42. The van der Waals surface area contributed by atoms with E-state index < -0.39 is 10.5 Å². The quantitative estimate of drug-likeness (QED) is 0.613. The number of benzene rings is 1. The van der Waals surface area contributed by atoms with Gasteiger partial charge in [0.1, 0.15) is 11.9 Å². The van der Waals surface area contributed by atoms with Gasteiger partial charge in [0.15, 0.2) is 4.77 Å². The van der Waals surface area contributed by atoms with Gasteiger partial charge in [-0.2, -0.15) is 5.10 Å². The van der Waals surface area contributed by atoms with Crippen LogP contribution in [0.4, 0.5) is 0 Å². The number of hydrogen-bond donors (Lipinski definition) is 2. The maximum atomic E-state index is 11.2. The summed E-state index contributed by atoms with van der Waals surface area (Å²) >= 11 is 17.9. The van der Waals surface area contributed by atoms with E-state index in [1.807, 2.05) is 24.3 Å². The maximum Gasteiger partial charge on any atom is 0.195 e. The fraction of sp³-hybridized carbons (Fsp3) is 0.429. The first-order valence-electron chi connectivity index (χ1n) is 6.69. The number of aromatic nitrogens is 3. The number of H-pyrrole nitrogens is 1. The van der Waals surface area contributed by atoms with Gasteiger partial charge >= 0.3 is 0 Å². The van der Waals surface area contributed by atoms with Gasteiger partial charge in [-0.15, -0.1) is 24.0 Å². The van der Waals surface area contributed by atoms with Crippen LogP contribution in [0.25, 0.3) is 0 Å². The van der Waals surface area contributed by atoms with Gasteiger partial charge in [-0.1, -0.05) is 29.8 Å². The molecule has 3 rings (SSSR count). The van der Waals surface area contributed by atoms with Crippen molar-refractivity contribution < 1.29 is 5.11 Å². The molecule has 0 spiro atoms. The van der Waals surface area contributed by atoms with E-state index >= 15 is 0 Å². The van der Waals surface area contributed by atoms with Crippen molar-refractivity contribution in [2.45, 2.75) is 36.3 Å². The lowest BCUT2D eigenvalue weighted by Gasteiger charge is -2.33. The molecule has 1 aromatic carbocycles. The number of aromatic amines is 1. The van der Waals surface area contributed by atoms with Crippen LogP contribution in [0.5, 0.6) is 0 Å². The fourth-order valence-corrected chi connectivity index (χ4v) is 3.12. The van der Waals surface area contributed by atoms with E-state index in [9.17, 15) is 5.11 Å². The van der Waals surface area contributed by atoms with Crippen molar-refractivity contribution in [3.05, 3.63) is 45.9 Å². The smallest absolute Gasteiger partial charge is 0.195 e. The molecule has 22 heavy (non-hydrogen) atoms. The summed E-state index contributed by atoms with van der Waals surface area (Å²) in [5.74, 6) is 0. The highest BCUT2D eigenvalue weighted by Gasteiger charge is 2.58. The molecule has 0 saturated heterocycles. The summed E-state index contributed by atoms with van der Waals surface area (Å²) in [7, 11) is 0. The third-order valence-electron chi connectivity index (χ3n) is 3.99. The Morgan fingerprint density at radius 1 is 1.41 bits per heavy atom. The van der Waals surface area contributed by atoms with Gasteiger partial charge in [0.2, 0.25) is 0 Å². The molecule has 1 heterocycles. The van der Waals surface area contributed by atoms with E-state index in [1.165, 1.54) is 6.33 Å². The molecular formula is C14H16Cl3N3OS. The number of nitrogens with zero attached hydrogens (tertiary/aromatic N) is 2. The van der Waals surface area contributed by atoms with Crippen LogP contribution >= 0.6 is 47.8 Å². The maximum absolute atomic E-state index is 11.2. The zero-order valence-electron chi connectivity index (χ0n) is 11.6. The summed E-state index contributed by atoms with van der Waals surface area (Å²) in [6.07, 6.45) is 3.41. The molecular weight excluding hydrogens is 365 g/mol. The summed E-state index contributed by atoms with van der Waals surface area (Å²) in [4.78, 5) is 2.19. The van der Waals surface area contributed by atoms with Crippen LogP contribution in [-0.2, 0) is 13.0 Å². The lowest BCUT2D eigenvalue weighted by atomic mass is 9.89. The molecule has 4 nitrogen and oxygen atoms in total. The highest BCUT2D eigenvalue weighted by atomic mass is 35.5. The Bertz CT molecular complexity index is 713. The van der Waals surface area contributed by atoms with Crippen LogP contribution < -0.4 is 0 Å². The van der Waals surface area contributed by atoms with Gasteiger partial charge < -0.3 is 10.1 Å². The molecule has 1 aromatic heterocycles. The van der Waals surface area contributed by atoms with Gasteiger partial charge in [0.05, 0.1) is 11.4 Å². The van der Waals surface area contributed by atoms with Crippen LogP contribution in [-0.4, -0.2) is 30.3 Å². The van der Waals surface area contributed by atoms with E-state index in [-0.39, 0.29) is 19.0 Å². The van der Waals surface area contributed by atoms with Crippen molar-refractivity contribution in [3.63, 3.8) is 0 Å². The summed E-state index contributed by atoms with van der Waals surface area (Å²) < 4.78 is 2.03. The summed E-state index contributed by atoms with van der Waals surface area (Å²) in [5, 5.41) is 15.9. The van der Waals surface area contributed by atoms with Gasteiger partial charge in [0.25, 0.3) is 0 Å². The Labute approximate surface area is 149 Å². The van der Waals surface area contributed by atoms with Crippen molar-refractivity contribution in [1.29, 1.82) is 0 Å². The number of hydrogen-bond acceptors (Lipinski definition) is 3. The topological polar surface area (TPSA) is 53.8 Å². The van der Waals surface area contributed by atoms with Gasteiger partial charge in [-0.3, -0.25) is 0 Å². The normalized spacial score (nSPS) is 18.3. The first-order valence-corrected chi connectivity index (χ1v) is 7.85. The Hall–Kier alpha value is -0.590. The first kappa shape index (κ1) is 17.8. The molecule has 0 bridgehead atoms. The molecule has 120 valence electrons. The minimum Gasteiger partial charge on any atom is -0.386 e. The Kier molecular flexibility index (Phi) is 5.24. The van der Waals surface area contributed by atoms with Crippen LogP contribution in [0, 0.1) is 4.77 Å². The van der Waals surface area contributed by atoms with Gasteiger partial charge in [0, 0.05) is 11.4 Å². The minimum atomic E-state index is -1.15. The molecule has 0 amide bonds. The number of nitrogens with one attached hydrogen (secondary N) is 1. The molecule has 8 heteroatoms. The summed E-state index contributed by atoms with van der Waals surface area (Å²) in [6, 6.07) is 7.48. The standard InChI is InChI=1S/C14H15Cl2N3OS.ClH/c15-11-4-2-1-3-10(11)7-14(20,13(16)5-6-13)8-19-12(21)17-9-18-19;/h1-4,9,20H,5-8H2,(H,17,18,21);1H. The van der Waals surface area contributed by atoms with Crippen LogP contribution in [0.15, 0.2) is 30.6 Å². The van der Waals surface area contributed by atoms with Crippen molar-refractivity contribution in [3.8, 4) is 0 Å². The number of halogens is 3. The van der Waals surface area contributed by atoms with E-state index in [0.717, 1.165) is 18.4 Å². The molecule has 2 aromatic rings. The molecule has 0 radical (unpaired) electrons. The average molecular weight is 381 g/mol. The molecule has 1 aliphatic rings. The first-order chi connectivity index (χ1) is 9.94. The predicted molar refractivity (Wildman–Crippen MR) is 92.6 cm³/mol. The second-order valence-electron chi connectivity index (χ2n) is 5.52. The molecule has 1 fully saturated rings. The monoisotopic (exact) mass is 379 g/mol. The van der Waals surface area contributed by atoms with Gasteiger partial charge in [-0.25, -0.2) is 4.68 Å². The van der Waals surface area contributed by atoms with E-state index in [4.69, 9.17) is 35.4 Å². The Morgan fingerprint density at radius 3 is 2.64 bits per heavy atom. The number of aliphatic hydroxyl groups is 1. The van der Waals surface area contributed by atoms with Crippen molar-refractivity contribution in [2.24, 2.45) is 0 Å². The summed E-state index contributed by atoms with van der Waals surface area (Å²) in [6.45, 7) is 0.240.